The van der Waals surface area contributed by atoms with Crippen LogP contribution in [0, 0.1) is 0 Å². The van der Waals surface area contributed by atoms with Crippen LogP contribution < -0.4 is 0 Å². The molecule has 0 saturated heterocycles. The maximum Gasteiger partial charge on any atom is 0.0979 e. The Bertz CT molecular complexity index is 22.8. The molecule has 0 spiro atoms. The molecule has 0 amide bonds. The molecule has 0 atom stereocenters. The van der Waals surface area contributed by atoms with Crippen molar-refractivity contribution in [3.8, 4) is 0 Å². The van der Waals surface area contributed by atoms with E-state index in [1.54, 1.807) is 0 Å². The molecule has 0 aliphatic rings. The maximum atomic E-state index is 10.4. The minimum atomic E-state index is 0. The SMILES string of the molecule is Cl.F/C=C/Cl. The minimum Gasteiger partial charge on any atom is -0.215 e. The van der Waals surface area contributed by atoms with Crippen LogP contribution in [-0.2, 0) is 0 Å². The topological polar surface area (TPSA) is 0 Å². The van der Waals surface area contributed by atoms with Crippen LogP contribution in [-0.4, -0.2) is 0 Å². The highest BCUT2D eigenvalue weighted by Gasteiger charge is 1.41. The first-order valence-corrected chi connectivity index (χ1v) is 1.21. The van der Waals surface area contributed by atoms with E-state index in [1.165, 1.54) is 0 Å². The van der Waals surface area contributed by atoms with E-state index in [0.717, 1.165) is 5.54 Å². The molecule has 3 heteroatoms. The normalized spacial score (nSPS) is 7.60. The van der Waals surface area contributed by atoms with Crippen molar-refractivity contribution in [1.82, 2.24) is 0 Å². The summed E-state index contributed by atoms with van der Waals surface area (Å²) < 4.78 is 10.4. The Morgan fingerprint density at radius 1 is 1.60 bits per heavy atom. The lowest BCUT2D eigenvalue weighted by Gasteiger charge is -1.43. The van der Waals surface area contributed by atoms with E-state index in [2.05, 4.69) is 11.6 Å². The van der Waals surface area contributed by atoms with Gasteiger partial charge in [0.05, 0.1) is 6.33 Å². The highest BCUT2D eigenvalue weighted by Crippen LogP contribution is 1.73. The summed E-state index contributed by atoms with van der Waals surface area (Å²) in [4.78, 5) is 0. The smallest absolute Gasteiger partial charge is 0.0979 e. The fourth-order valence-corrected chi connectivity index (χ4v) is 0. The van der Waals surface area contributed by atoms with Crippen molar-refractivity contribution in [3.63, 3.8) is 0 Å². The molecular weight excluding hydrogens is 114 g/mol. The molecule has 0 aromatic heterocycles. The fourth-order valence-electron chi connectivity index (χ4n) is 0. The van der Waals surface area contributed by atoms with Crippen LogP contribution in [0.25, 0.3) is 0 Å². The number of hydrogen-bond acceptors (Lipinski definition) is 0. The summed E-state index contributed by atoms with van der Waals surface area (Å²) in [5, 5.41) is 0. The summed E-state index contributed by atoms with van der Waals surface area (Å²) >= 11 is 4.63. The summed E-state index contributed by atoms with van der Waals surface area (Å²) in [5.41, 5.74) is 0.806. The van der Waals surface area contributed by atoms with Crippen molar-refractivity contribution in [2.24, 2.45) is 0 Å². The van der Waals surface area contributed by atoms with Gasteiger partial charge in [0, 0.05) is 5.54 Å². The predicted molar refractivity (Wildman–Crippen MR) is 23.3 cm³/mol. The molecule has 0 aliphatic heterocycles. The Kier molecular flexibility index (Phi) is 15.9. The van der Waals surface area contributed by atoms with Crippen molar-refractivity contribution in [2.45, 2.75) is 0 Å². The average Bonchev–Trinajstić information content (AvgIpc) is 1.37. The van der Waals surface area contributed by atoms with Crippen molar-refractivity contribution < 1.29 is 4.39 Å². The molecule has 0 nitrogen and oxygen atoms in total. The molecule has 0 N–H and O–H groups in total. The second-order valence-corrected chi connectivity index (χ2v) is 0.504. The van der Waals surface area contributed by atoms with Gasteiger partial charge in [0.15, 0.2) is 0 Å². The lowest BCUT2D eigenvalue weighted by atomic mass is 11.2. The Balaban J connectivity index is 0. The van der Waals surface area contributed by atoms with Crippen molar-refractivity contribution in [3.05, 3.63) is 11.9 Å². The molecule has 0 aliphatic carbocycles. The maximum absolute atomic E-state index is 10.4. The molecule has 5 heavy (non-hydrogen) atoms. The first kappa shape index (κ1) is 8.98. The fraction of sp³-hybridized carbons (Fsp3) is 0. The van der Waals surface area contributed by atoms with Gasteiger partial charge in [0.2, 0.25) is 0 Å². The van der Waals surface area contributed by atoms with Crippen LogP contribution in [0.4, 0.5) is 4.39 Å². The first-order chi connectivity index (χ1) is 1.91. The third-order valence-corrected chi connectivity index (χ3v) is 0.143. The first-order valence-electron chi connectivity index (χ1n) is 0.770. The average molecular weight is 117 g/mol. The highest BCUT2D eigenvalue weighted by atomic mass is 35.5. The molecular formula is C2H3Cl2F. The van der Waals surface area contributed by atoms with E-state index in [-0.39, 0.29) is 18.7 Å². The molecule has 0 heterocycles. The quantitative estimate of drug-likeness (QED) is 0.455. The standard InChI is InChI=1S/C2H2ClF.ClH/c3-1-2-4;/h1-2H;1H/b2-1+;. The van der Waals surface area contributed by atoms with Crippen molar-refractivity contribution >= 4 is 24.0 Å². The largest absolute Gasteiger partial charge is 0.215 e. The van der Waals surface area contributed by atoms with Gasteiger partial charge in [-0.1, -0.05) is 11.6 Å². The molecule has 0 saturated carbocycles. The lowest BCUT2D eigenvalue weighted by molar-refractivity contribution is 0.723. The van der Waals surface area contributed by atoms with Gasteiger partial charge in [-0.3, -0.25) is 0 Å². The van der Waals surface area contributed by atoms with E-state index < -0.39 is 0 Å². The second-order valence-electron chi connectivity index (χ2n) is 0.252. The van der Waals surface area contributed by atoms with Gasteiger partial charge < -0.3 is 0 Å². The van der Waals surface area contributed by atoms with Crippen LogP contribution in [0.3, 0.4) is 0 Å². The van der Waals surface area contributed by atoms with Crippen molar-refractivity contribution in [2.75, 3.05) is 0 Å². The zero-order valence-corrected chi connectivity index (χ0v) is 3.89. The van der Waals surface area contributed by atoms with Gasteiger partial charge in [0.25, 0.3) is 0 Å². The third kappa shape index (κ3) is 13.8. The molecule has 0 radical (unpaired) electrons. The van der Waals surface area contributed by atoms with Gasteiger partial charge in [-0.25, -0.2) is 4.39 Å². The molecule has 0 rings (SSSR count). The van der Waals surface area contributed by atoms with Crippen LogP contribution in [0.2, 0.25) is 0 Å². The summed E-state index contributed by atoms with van der Waals surface area (Å²) in [6, 6.07) is 0. The van der Waals surface area contributed by atoms with E-state index in [9.17, 15) is 4.39 Å². The van der Waals surface area contributed by atoms with Gasteiger partial charge >= 0.3 is 0 Å². The Morgan fingerprint density at radius 3 is 1.80 bits per heavy atom. The summed E-state index contributed by atoms with van der Waals surface area (Å²) in [6.45, 7) is 0. The molecule has 0 bridgehead atoms. The summed E-state index contributed by atoms with van der Waals surface area (Å²) in [7, 11) is 0. The van der Waals surface area contributed by atoms with E-state index in [1.807, 2.05) is 0 Å². The Hall–Kier alpha value is 0.250. The van der Waals surface area contributed by atoms with Crippen LogP contribution in [0.1, 0.15) is 0 Å². The summed E-state index contributed by atoms with van der Waals surface area (Å²) in [6.07, 6.45) is 0.265. The van der Waals surface area contributed by atoms with Gasteiger partial charge in [-0.05, 0) is 0 Å². The second kappa shape index (κ2) is 8.87. The number of halogens is 3. The molecule has 0 fully saturated rings. The van der Waals surface area contributed by atoms with Gasteiger partial charge in [-0.2, -0.15) is 0 Å². The minimum absolute atomic E-state index is 0. The van der Waals surface area contributed by atoms with Crippen molar-refractivity contribution in [1.29, 1.82) is 0 Å². The lowest BCUT2D eigenvalue weighted by Crippen LogP contribution is -1.14. The van der Waals surface area contributed by atoms with E-state index in [0.29, 0.717) is 0 Å². The number of hydrogen-bond donors (Lipinski definition) is 0. The van der Waals surface area contributed by atoms with Crippen LogP contribution in [0.5, 0.6) is 0 Å². The molecule has 0 unspecified atom stereocenters. The highest BCUT2D eigenvalue weighted by molar-refractivity contribution is 6.25. The molecule has 32 valence electrons. The Morgan fingerprint density at radius 2 is 1.80 bits per heavy atom. The van der Waals surface area contributed by atoms with Gasteiger partial charge in [0.1, 0.15) is 0 Å². The third-order valence-electron chi connectivity index (χ3n) is 0.0476. The number of rotatable bonds is 0. The zero-order chi connectivity index (χ0) is 3.41. The monoisotopic (exact) mass is 116 g/mol. The summed E-state index contributed by atoms with van der Waals surface area (Å²) in [5.74, 6) is 0. The molecule has 0 aromatic rings. The zero-order valence-electron chi connectivity index (χ0n) is 2.32. The molecule has 0 aromatic carbocycles. The van der Waals surface area contributed by atoms with E-state index in [4.69, 9.17) is 0 Å². The predicted octanol–water partition coefficient (Wildman–Crippen LogP) is 2.09. The van der Waals surface area contributed by atoms with Crippen LogP contribution in [0.15, 0.2) is 11.9 Å². The van der Waals surface area contributed by atoms with Crippen LogP contribution >= 0.6 is 24.0 Å². The Labute approximate surface area is 41.0 Å². The van der Waals surface area contributed by atoms with E-state index >= 15 is 0 Å². The van der Waals surface area contributed by atoms with Gasteiger partial charge in [-0.15, -0.1) is 12.4 Å².